The van der Waals surface area contributed by atoms with Crippen molar-refractivity contribution in [2.75, 3.05) is 11.9 Å². The van der Waals surface area contributed by atoms with Crippen LogP contribution in [0.15, 0.2) is 66.7 Å². The van der Waals surface area contributed by atoms with Crippen LogP contribution in [-0.2, 0) is 4.74 Å². The number of fused-ring (bicyclic) bond motifs is 3. The van der Waals surface area contributed by atoms with Gasteiger partial charge in [-0.25, -0.2) is 9.59 Å². The molecule has 1 aliphatic carbocycles. The second-order valence-electron chi connectivity index (χ2n) is 6.93. The highest BCUT2D eigenvalue weighted by atomic mass is 16.5. The molecule has 0 saturated heterocycles. The van der Waals surface area contributed by atoms with Gasteiger partial charge in [-0.1, -0.05) is 54.6 Å². The molecule has 30 heavy (non-hydrogen) atoms. The highest BCUT2D eigenvalue weighted by Crippen LogP contribution is 2.44. The van der Waals surface area contributed by atoms with Crippen molar-refractivity contribution in [3.05, 3.63) is 83.4 Å². The van der Waals surface area contributed by atoms with E-state index in [1.54, 1.807) is 0 Å². The summed E-state index contributed by atoms with van der Waals surface area (Å²) in [4.78, 5) is 23.6. The zero-order chi connectivity index (χ0) is 21.3. The molecule has 8 heteroatoms. The number of hydrogen-bond acceptors (Lipinski definition) is 5. The molecule has 0 heterocycles. The maximum atomic E-state index is 12.4. The number of benzene rings is 3. The largest absolute Gasteiger partial charge is 0.490 e. The summed E-state index contributed by atoms with van der Waals surface area (Å²) in [5.74, 6) is -1.33. The molecular weight excluding hydrogens is 385 g/mol. The van der Waals surface area contributed by atoms with Gasteiger partial charge in [-0.3, -0.25) is 5.32 Å². The Balaban J connectivity index is 1.53. The minimum absolute atomic E-state index is 0.0338. The number of hydrogen-bond donors (Lipinski definition) is 4. The summed E-state index contributed by atoms with van der Waals surface area (Å²) in [5, 5.41) is 30.5. The Morgan fingerprint density at radius 2 is 1.53 bits per heavy atom. The molecule has 4 N–H and O–H groups in total. The summed E-state index contributed by atoms with van der Waals surface area (Å²) < 4.78 is 5.42. The summed E-state index contributed by atoms with van der Waals surface area (Å²) in [5.41, 5.74) is 4.14. The summed E-state index contributed by atoms with van der Waals surface area (Å²) in [7, 11) is -1.88. The predicted molar refractivity (Wildman–Crippen MR) is 112 cm³/mol. The molecule has 7 nitrogen and oxygen atoms in total. The molecule has 3 aromatic carbocycles. The lowest BCUT2D eigenvalue weighted by atomic mass is 9.78. The molecule has 0 radical (unpaired) electrons. The van der Waals surface area contributed by atoms with Gasteiger partial charge >= 0.3 is 19.2 Å². The fourth-order valence-corrected chi connectivity index (χ4v) is 3.77. The molecule has 150 valence electrons. The Hall–Kier alpha value is -3.62. The van der Waals surface area contributed by atoms with Crippen LogP contribution in [0.1, 0.15) is 27.4 Å². The van der Waals surface area contributed by atoms with Gasteiger partial charge in [0, 0.05) is 17.1 Å². The number of nitrogens with one attached hydrogen (secondary N) is 1. The third-order valence-electron chi connectivity index (χ3n) is 5.16. The number of carboxylic acids is 1. The first-order valence-corrected chi connectivity index (χ1v) is 9.31. The van der Waals surface area contributed by atoms with Gasteiger partial charge in [0.25, 0.3) is 0 Å². The molecule has 0 fully saturated rings. The average Bonchev–Trinajstić information content (AvgIpc) is 3.06. The van der Waals surface area contributed by atoms with Crippen molar-refractivity contribution >= 4 is 30.3 Å². The van der Waals surface area contributed by atoms with E-state index in [1.165, 1.54) is 12.1 Å². The Bertz CT molecular complexity index is 1080. The molecule has 1 aliphatic rings. The SMILES string of the molecule is O=C(Nc1cc(C(=O)O)ccc1B(O)O)OCC1c2ccccc2-c2ccccc21. The van der Waals surface area contributed by atoms with Crippen LogP contribution in [0, 0.1) is 0 Å². The average molecular weight is 403 g/mol. The number of carbonyl (C=O) groups is 2. The normalized spacial score (nSPS) is 12.1. The van der Waals surface area contributed by atoms with Gasteiger partial charge in [0.05, 0.1) is 5.56 Å². The monoisotopic (exact) mass is 403 g/mol. The molecule has 3 aromatic rings. The van der Waals surface area contributed by atoms with E-state index in [9.17, 15) is 19.6 Å². The van der Waals surface area contributed by atoms with Gasteiger partial charge < -0.3 is 19.9 Å². The lowest BCUT2D eigenvalue weighted by Gasteiger charge is -2.16. The third-order valence-corrected chi connectivity index (χ3v) is 5.16. The minimum atomic E-state index is -1.88. The molecule has 0 atom stereocenters. The Labute approximate surface area is 172 Å². The van der Waals surface area contributed by atoms with Crippen LogP contribution in [0.2, 0.25) is 0 Å². The topological polar surface area (TPSA) is 116 Å². The van der Waals surface area contributed by atoms with E-state index in [1.807, 2.05) is 48.5 Å². The highest BCUT2D eigenvalue weighted by Gasteiger charge is 2.29. The van der Waals surface area contributed by atoms with Gasteiger partial charge in [-0.2, -0.15) is 0 Å². The van der Waals surface area contributed by atoms with E-state index >= 15 is 0 Å². The molecule has 0 unspecified atom stereocenters. The Morgan fingerprint density at radius 3 is 2.10 bits per heavy atom. The minimum Gasteiger partial charge on any atom is -0.478 e. The number of rotatable bonds is 5. The first-order chi connectivity index (χ1) is 14.5. The molecule has 0 aromatic heterocycles. The fourth-order valence-electron chi connectivity index (χ4n) is 3.77. The molecule has 0 saturated carbocycles. The Morgan fingerprint density at radius 1 is 0.933 bits per heavy atom. The molecule has 0 aliphatic heterocycles. The van der Waals surface area contributed by atoms with E-state index in [2.05, 4.69) is 5.32 Å². The maximum Gasteiger partial charge on any atom is 0.490 e. The van der Waals surface area contributed by atoms with Gasteiger partial charge in [-0.05, 0) is 34.4 Å². The quantitative estimate of drug-likeness (QED) is 0.487. The number of anilines is 1. The van der Waals surface area contributed by atoms with Crippen LogP contribution in [0.4, 0.5) is 10.5 Å². The van der Waals surface area contributed by atoms with Gasteiger partial charge in [0.1, 0.15) is 6.61 Å². The van der Waals surface area contributed by atoms with Crippen molar-refractivity contribution in [1.29, 1.82) is 0 Å². The first-order valence-electron chi connectivity index (χ1n) is 9.31. The molecule has 4 rings (SSSR count). The molecule has 0 bridgehead atoms. The van der Waals surface area contributed by atoms with Gasteiger partial charge in [0.2, 0.25) is 0 Å². The Kier molecular flexibility index (Phi) is 5.26. The second kappa shape index (κ2) is 8.02. The van der Waals surface area contributed by atoms with Crippen LogP contribution in [-0.4, -0.2) is 40.9 Å². The summed E-state index contributed by atoms with van der Waals surface area (Å²) in [6.07, 6.45) is -0.818. The molecule has 0 spiro atoms. The van der Waals surface area contributed by atoms with Gasteiger partial charge in [-0.15, -0.1) is 0 Å². The van der Waals surface area contributed by atoms with Crippen molar-refractivity contribution in [3.8, 4) is 11.1 Å². The number of ether oxygens (including phenoxy) is 1. The van der Waals surface area contributed by atoms with Crippen molar-refractivity contribution in [2.24, 2.45) is 0 Å². The van der Waals surface area contributed by atoms with E-state index in [4.69, 9.17) is 9.84 Å². The zero-order valence-electron chi connectivity index (χ0n) is 15.8. The van der Waals surface area contributed by atoms with E-state index in [0.29, 0.717) is 0 Å². The van der Waals surface area contributed by atoms with Gasteiger partial charge in [0.15, 0.2) is 0 Å². The molecular formula is C22H18BNO6. The van der Waals surface area contributed by atoms with E-state index in [0.717, 1.165) is 28.3 Å². The number of carbonyl (C=O) groups excluding carboxylic acids is 1. The van der Waals surface area contributed by atoms with Crippen LogP contribution in [0.3, 0.4) is 0 Å². The van der Waals surface area contributed by atoms with Crippen LogP contribution in [0.5, 0.6) is 0 Å². The van der Waals surface area contributed by atoms with Crippen LogP contribution in [0.25, 0.3) is 11.1 Å². The molecule has 1 amide bonds. The summed E-state index contributed by atoms with van der Waals surface area (Å²) in [6, 6.07) is 19.4. The number of aromatic carboxylic acids is 1. The van der Waals surface area contributed by atoms with Crippen molar-refractivity contribution in [3.63, 3.8) is 0 Å². The lowest BCUT2D eigenvalue weighted by Crippen LogP contribution is -2.34. The predicted octanol–water partition coefficient (Wildman–Crippen LogP) is 2.43. The zero-order valence-corrected chi connectivity index (χ0v) is 15.8. The summed E-state index contributed by atoms with van der Waals surface area (Å²) in [6.45, 7) is 0.0789. The third kappa shape index (κ3) is 3.66. The second-order valence-corrected chi connectivity index (χ2v) is 6.93. The fraction of sp³-hybridized carbons (Fsp3) is 0.0909. The van der Waals surface area contributed by atoms with Crippen molar-refractivity contribution < 1.29 is 29.5 Å². The lowest BCUT2D eigenvalue weighted by molar-refractivity contribution is 0.0696. The first kappa shape index (κ1) is 19.7. The van der Waals surface area contributed by atoms with Crippen LogP contribution >= 0.6 is 0 Å². The summed E-state index contributed by atoms with van der Waals surface area (Å²) >= 11 is 0. The highest BCUT2D eigenvalue weighted by molar-refractivity contribution is 6.60. The van der Waals surface area contributed by atoms with Crippen molar-refractivity contribution in [2.45, 2.75) is 5.92 Å². The van der Waals surface area contributed by atoms with E-state index < -0.39 is 19.2 Å². The van der Waals surface area contributed by atoms with E-state index in [-0.39, 0.29) is 29.2 Å². The van der Waals surface area contributed by atoms with Crippen LogP contribution < -0.4 is 10.8 Å². The van der Waals surface area contributed by atoms with Crippen molar-refractivity contribution in [1.82, 2.24) is 0 Å². The number of amides is 1. The standard InChI is InChI=1S/C22H18BNO6/c25-21(26)13-9-10-19(23(28)29)20(11-13)24-22(27)30-12-18-16-7-3-1-5-14(16)15-6-2-4-8-17(15)18/h1-11,18,28-29H,12H2,(H,24,27)(H,25,26). The number of carboxylic acid groups (broad SMARTS) is 1. The smallest absolute Gasteiger partial charge is 0.478 e. The maximum absolute atomic E-state index is 12.4.